The minimum Gasteiger partial charge on any atom is -0.475 e. The van der Waals surface area contributed by atoms with E-state index in [1.807, 2.05) is 0 Å². The van der Waals surface area contributed by atoms with Crippen LogP contribution in [-0.2, 0) is 26.6 Å². The Labute approximate surface area is 155 Å². The highest BCUT2D eigenvalue weighted by atomic mass is 32.2. The number of nitrogens with zero attached hydrogens (tertiary/aromatic N) is 3. The fourth-order valence-corrected chi connectivity index (χ4v) is 4.74. The molecule has 27 heavy (non-hydrogen) atoms. The molecular weight excluding hydrogens is 391 g/mol. The highest BCUT2D eigenvalue weighted by Crippen LogP contribution is 2.50. The minimum absolute atomic E-state index is 0.152. The molecule has 2 heterocycles. The Kier molecular flexibility index (Phi) is 6.22. The average molecular weight is 413 g/mol. The zero-order valence-corrected chi connectivity index (χ0v) is 15.8. The Bertz CT molecular complexity index is 762. The molecule has 1 aliphatic carbocycles. The van der Waals surface area contributed by atoms with E-state index in [9.17, 15) is 21.6 Å². The maximum atomic E-state index is 12.5. The molecule has 1 saturated carbocycles. The van der Waals surface area contributed by atoms with E-state index in [4.69, 9.17) is 14.6 Å². The maximum Gasteiger partial charge on any atom is 0.490 e. The van der Waals surface area contributed by atoms with Crippen LogP contribution in [0, 0.1) is 5.41 Å². The van der Waals surface area contributed by atoms with Crippen LogP contribution in [0.15, 0.2) is 17.6 Å². The van der Waals surface area contributed by atoms with Crippen molar-refractivity contribution in [3.8, 4) is 0 Å². The SMILES string of the molecule is COC1CC2(CCN(S(=O)(=O)c3cn(C)cn3)CC2)C1.O=C(O)C(F)(F)F. The Hall–Kier alpha value is -1.66. The smallest absolute Gasteiger partial charge is 0.475 e. The van der Waals surface area contributed by atoms with Crippen molar-refractivity contribution in [2.75, 3.05) is 20.2 Å². The van der Waals surface area contributed by atoms with Gasteiger partial charge in [0.2, 0.25) is 0 Å². The first kappa shape index (κ1) is 21.6. The number of ether oxygens (including phenoxy) is 1. The van der Waals surface area contributed by atoms with Gasteiger partial charge in [0.1, 0.15) is 0 Å². The van der Waals surface area contributed by atoms with E-state index in [2.05, 4.69) is 4.98 Å². The summed E-state index contributed by atoms with van der Waals surface area (Å²) in [6, 6.07) is 0. The van der Waals surface area contributed by atoms with Gasteiger partial charge in [0.15, 0.2) is 5.03 Å². The monoisotopic (exact) mass is 413 g/mol. The second kappa shape index (κ2) is 7.76. The van der Waals surface area contributed by atoms with Gasteiger partial charge in [-0.2, -0.15) is 17.5 Å². The molecule has 1 aliphatic heterocycles. The predicted octanol–water partition coefficient (Wildman–Crippen LogP) is 1.63. The summed E-state index contributed by atoms with van der Waals surface area (Å²) in [7, 11) is 0.0980. The lowest BCUT2D eigenvalue weighted by molar-refractivity contribution is -0.192. The number of sulfonamides is 1. The second-order valence-corrected chi connectivity index (χ2v) is 8.74. The van der Waals surface area contributed by atoms with Gasteiger partial charge >= 0.3 is 12.1 Å². The van der Waals surface area contributed by atoms with Crippen LogP contribution in [0.2, 0.25) is 0 Å². The number of piperidine rings is 1. The molecule has 1 aromatic heterocycles. The Morgan fingerprint density at radius 1 is 1.33 bits per heavy atom. The van der Waals surface area contributed by atoms with Crippen molar-refractivity contribution >= 4 is 16.0 Å². The quantitative estimate of drug-likeness (QED) is 0.808. The van der Waals surface area contributed by atoms with Gasteiger partial charge in [-0.05, 0) is 31.1 Å². The molecule has 0 bridgehead atoms. The number of rotatable bonds is 3. The number of aryl methyl sites for hydroxylation is 1. The third kappa shape index (κ3) is 4.99. The summed E-state index contributed by atoms with van der Waals surface area (Å²) < 4.78 is 65.2. The first-order valence-corrected chi connectivity index (χ1v) is 9.65. The molecule has 0 radical (unpaired) electrons. The van der Waals surface area contributed by atoms with Crippen molar-refractivity contribution in [3.05, 3.63) is 12.5 Å². The third-order valence-corrected chi connectivity index (χ3v) is 6.75. The fourth-order valence-electron chi connectivity index (χ4n) is 3.34. The number of aromatic nitrogens is 2. The third-order valence-electron chi connectivity index (χ3n) is 4.97. The topological polar surface area (TPSA) is 102 Å². The van der Waals surface area contributed by atoms with Crippen molar-refractivity contribution in [1.29, 1.82) is 0 Å². The predicted molar refractivity (Wildman–Crippen MR) is 87.4 cm³/mol. The van der Waals surface area contributed by atoms with Gasteiger partial charge in [-0.25, -0.2) is 18.2 Å². The van der Waals surface area contributed by atoms with Crippen LogP contribution < -0.4 is 0 Å². The summed E-state index contributed by atoms with van der Waals surface area (Å²) in [6.45, 7) is 1.19. The van der Waals surface area contributed by atoms with E-state index in [0.29, 0.717) is 24.6 Å². The van der Waals surface area contributed by atoms with Crippen LogP contribution in [0.25, 0.3) is 0 Å². The number of carbonyl (C=O) groups is 1. The maximum absolute atomic E-state index is 12.5. The molecule has 1 aromatic rings. The lowest BCUT2D eigenvalue weighted by Crippen LogP contribution is -2.50. The molecule has 1 saturated heterocycles. The van der Waals surface area contributed by atoms with E-state index in [0.717, 1.165) is 25.7 Å². The molecule has 2 fully saturated rings. The molecule has 1 spiro atoms. The van der Waals surface area contributed by atoms with Crippen molar-refractivity contribution < 1.29 is 36.2 Å². The Morgan fingerprint density at radius 3 is 2.22 bits per heavy atom. The number of carboxylic acid groups (broad SMARTS) is 1. The summed E-state index contributed by atoms with van der Waals surface area (Å²) in [5.41, 5.74) is 0.316. The Balaban J connectivity index is 0.000000321. The molecule has 3 rings (SSSR count). The van der Waals surface area contributed by atoms with Gasteiger partial charge in [-0.15, -0.1) is 0 Å². The van der Waals surface area contributed by atoms with Gasteiger partial charge in [0, 0.05) is 33.4 Å². The normalized spacial score (nSPS) is 20.6. The van der Waals surface area contributed by atoms with Gasteiger partial charge in [0.25, 0.3) is 10.0 Å². The Morgan fingerprint density at radius 2 is 1.85 bits per heavy atom. The van der Waals surface area contributed by atoms with Gasteiger partial charge < -0.3 is 14.4 Å². The van der Waals surface area contributed by atoms with Crippen molar-refractivity contribution in [1.82, 2.24) is 13.9 Å². The lowest BCUT2D eigenvalue weighted by atomic mass is 9.62. The fraction of sp³-hybridized carbons (Fsp3) is 0.733. The molecule has 12 heteroatoms. The van der Waals surface area contributed by atoms with E-state index in [-0.39, 0.29) is 5.03 Å². The molecule has 154 valence electrons. The van der Waals surface area contributed by atoms with E-state index < -0.39 is 22.2 Å². The molecule has 0 atom stereocenters. The summed E-state index contributed by atoms with van der Waals surface area (Å²) in [4.78, 5) is 12.9. The summed E-state index contributed by atoms with van der Waals surface area (Å²) in [5.74, 6) is -2.76. The van der Waals surface area contributed by atoms with Crippen LogP contribution in [-0.4, -0.2) is 65.8 Å². The van der Waals surface area contributed by atoms with E-state index in [1.54, 1.807) is 29.2 Å². The van der Waals surface area contributed by atoms with Gasteiger partial charge in [-0.3, -0.25) is 0 Å². The molecular formula is C15H22F3N3O5S. The number of aliphatic carboxylic acids is 1. The number of carboxylic acids is 1. The molecule has 1 N–H and O–H groups in total. The van der Waals surface area contributed by atoms with Crippen molar-refractivity contribution in [2.45, 2.75) is 43.0 Å². The first-order chi connectivity index (χ1) is 12.4. The van der Waals surface area contributed by atoms with Crippen LogP contribution in [0.3, 0.4) is 0 Å². The number of hydrogen-bond acceptors (Lipinski definition) is 5. The van der Waals surface area contributed by atoms with Crippen LogP contribution in [0.5, 0.6) is 0 Å². The molecule has 2 aliphatic rings. The second-order valence-electron chi connectivity index (χ2n) is 6.85. The van der Waals surface area contributed by atoms with E-state index >= 15 is 0 Å². The lowest BCUT2D eigenvalue weighted by Gasteiger charge is -2.51. The largest absolute Gasteiger partial charge is 0.490 e. The number of imidazole rings is 1. The zero-order valence-electron chi connectivity index (χ0n) is 14.9. The number of halogens is 3. The summed E-state index contributed by atoms with van der Waals surface area (Å²) in [6.07, 6.45) is 2.37. The first-order valence-electron chi connectivity index (χ1n) is 8.21. The summed E-state index contributed by atoms with van der Waals surface area (Å²) >= 11 is 0. The van der Waals surface area contributed by atoms with Crippen LogP contribution >= 0.6 is 0 Å². The standard InChI is InChI=1S/C13H21N3O3S.C2HF3O2/c1-15-9-12(14-10-15)20(17,18)16-5-3-13(4-6-16)7-11(8-13)19-2;3-2(4,5)1(6)7/h9-11H,3-8H2,1-2H3;(H,6,7). The molecule has 0 unspecified atom stereocenters. The zero-order chi connectivity index (χ0) is 20.5. The molecule has 0 aromatic carbocycles. The van der Waals surface area contributed by atoms with Gasteiger partial charge in [0.05, 0.1) is 12.4 Å². The highest BCUT2D eigenvalue weighted by Gasteiger charge is 2.47. The van der Waals surface area contributed by atoms with E-state index in [1.165, 1.54) is 6.33 Å². The van der Waals surface area contributed by atoms with Crippen LogP contribution in [0.4, 0.5) is 13.2 Å². The van der Waals surface area contributed by atoms with Crippen molar-refractivity contribution in [2.24, 2.45) is 12.5 Å². The minimum atomic E-state index is -5.08. The number of methoxy groups -OCH3 is 1. The molecule has 8 nitrogen and oxygen atoms in total. The van der Waals surface area contributed by atoms with Gasteiger partial charge in [-0.1, -0.05) is 0 Å². The molecule has 0 amide bonds. The summed E-state index contributed by atoms with van der Waals surface area (Å²) in [5, 5.41) is 7.28. The van der Waals surface area contributed by atoms with Crippen molar-refractivity contribution in [3.63, 3.8) is 0 Å². The average Bonchev–Trinajstić information content (AvgIpc) is 2.99. The number of alkyl halides is 3. The van der Waals surface area contributed by atoms with Crippen LogP contribution in [0.1, 0.15) is 25.7 Å². The highest BCUT2D eigenvalue weighted by molar-refractivity contribution is 7.89. The number of hydrogen-bond donors (Lipinski definition) is 1.